The number of hydrogen-bond acceptors (Lipinski definition) is 2. The summed E-state index contributed by atoms with van der Waals surface area (Å²) in [6, 6.07) is 2.03. The maximum absolute atomic E-state index is 8.38. The highest BCUT2D eigenvalue weighted by Gasteiger charge is 2.00. The molecule has 0 atom stereocenters. The molecule has 2 heteroatoms. The smallest absolute Gasteiger partial charge is 0.0951 e. The Morgan fingerprint density at radius 2 is 2.56 bits per heavy atom. The SMILES string of the molecule is N#CC1=C[C]=CC(=S)C1. The Labute approximate surface area is 59.3 Å². The monoisotopic (exact) mass is 134 g/mol. The Morgan fingerprint density at radius 3 is 3.00 bits per heavy atom. The van der Waals surface area contributed by atoms with Crippen LogP contribution in [0.25, 0.3) is 0 Å². The van der Waals surface area contributed by atoms with E-state index in [-0.39, 0.29) is 0 Å². The fraction of sp³-hybridized carbons (Fsp3) is 0.143. The molecule has 43 valence electrons. The zero-order valence-electron chi connectivity index (χ0n) is 4.72. The summed E-state index contributed by atoms with van der Waals surface area (Å²) >= 11 is 4.84. The van der Waals surface area contributed by atoms with Crippen LogP contribution in [0.15, 0.2) is 17.7 Å². The van der Waals surface area contributed by atoms with Crippen molar-refractivity contribution in [2.45, 2.75) is 6.42 Å². The lowest BCUT2D eigenvalue weighted by Crippen LogP contribution is -1.94. The molecule has 1 aliphatic rings. The zero-order chi connectivity index (χ0) is 6.69. The number of rotatable bonds is 0. The van der Waals surface area contributed by atoms with Crippen LogP contribution in [0, 0.1) is 17.4 Å². The van der Waals surface area contributed by atoms with E-state index in [1.165, 1.54) is 0 Å². The Hall–Kier alpha value is -0.940. The third-order valence-corrected chi connectivity index (χ3v) is 1.27. The second-order valence-electron chi connectivity index (χ2n) is 1.74. The zero-order valence-corrected chi connectivity index (χ0v) is 5.53. The van der Waals surface area contributed by atoms with Gasteiger partial charge in [-0.05, 0) is 18.2 Å². The van der Waals surface area contributed by atoms with E-state index in [4.69, 9.17) is 17.5 Å². The first-order valence-electron chi connectivity index (χ1n) is 2.54. The van der Waals surface area contributed by atoms with Crippen LogP contribution < -0.4 is 0 Å². The summed E-state index contributed by atoms with van der Waals surface area (Å²) in [6.07, 6.45) is 6.78. The van der Waals surface area contributed by atoms with Gasteiger partial charge in [0.25, 0.3) is 0 Å². The van der Waals surface area contributed by atoms with Crippen LogP contribution in [0.3, 0.4) is 0 Å². The van der Waals surface area contributed by atoms with Gasteiger partial charge in [0, 0.05) is 16.9 Å². The summed E-state index contributed by atoms with van der Waals surface area (Å²) < 4.78 is 0. The number of nitrogens with zero attached hydrogens (tertiary/aromatic N) is 1. The molecule has 0 N–H and O–H groups in total. The van der Waals surface area contributed by atoms with Crippen molar-refractivity contribution in [3.05, 3.63) is 23.8 Å². The van der Waals surface area contributed by atoms with E-state index >= 15 is 0 Å². The topological polar surface area (TPSA) is 23.8 Å². The van der Waals surface area contributed by atoms with E-state index in [1.54, 1.807) is 12.2 Å². The van der Waals surface area contributed by atoms with Crippen molar-refractivity contribution in [1.82, 2.24) is 0 Å². The molecule has 0 aliphatic heterocycles. The molecule has 0 aromatic heterocycles. The van der Waals surface area contributed by atoms with Gasteiger partial charge in [-0.25, -0.2) is 0 Å². The lowest BCUT2D eigenvalue weighted by molar-refractivity contribution is 1.34. The molecular formula is C7H4NS. The Kier molecular flexibility index (Phi) is 1.76. The minimum atomic E-state index is 0.610. The summed E-state index contributed by atoms with van der Waals surface area (Å²) in [5, 5.41) is 8.38. The van der Waals surface area contributed by atoms with E-state index in [2.05, 4.69) is 6.08 Å². The second-order valence-corrected chi connectivity index (χ2v) is 2.26. The van der Waals surface area contributed by atoms with Gasteiger partial charge in [-0.2, -0.15) is 5.26 Å². The predicted octanol–water partition coefficient (Wildman–Crippen LogP) is 1.57. The summed E-state index contributed by atoms with van der Waals surface area (Å²) in [5.74, 6) is 0. The molecule has 0 saturated carbocycles. The molecule has 9 heavy (non-hydrogen) atoms. The largest absolute Gasteiger partial charge is 0.193 e. The molecule has 1 nitrogen and oxygen atoms in total. The quantitative estimate of drug-likeness (QED) is 0.469. The van der Waals surface area contributed by atoms with Gasteiger partial charge >= 0.3 is 0 Å². The summed E-state index contributed by atoms with van der Waals surface area (Å²) in [4.78, 5) is 0.786. The molecule has 0 aromatic carbocycles. The van der Waals surface area contributed by atoms with E-state index in [9.17, 15) is 0 Å². The average molecular weight is 134 g/mol. The summed E-state index contributed by atoms with van der Waals surface area (Å²) in [5.41, 5.74) is 0.697. The van der Waals surface area contributed by atoms with Crippen LogP contribution in [-0.2, 0) is 0 Å². The van der Waals surface area contributed by atoms with Gasteiger partial charge in [-0.3, -0.25) is 0 Å². The van der Waals surface area contributed by atoms with Crippen molar-refractivity contribution in [3.63, 3.8) is 0 Å². The van der Waals surface area contributed by atoms with Gasteiger partial charge in [0.1, 0.15) is 0 Å². The first-order valence-corrected chi connectivity index (χ1v) is 2.95. The van der Waals surface area contributed by atoms with Crippen LogP contribution >= 0.6 is 12.2 Å². The van der Waals surface area contributed by atoms with Gasteiger partial charge in [-0.1, -0.05) is 12.2 Å². The van der Waals surface area contributed by atoms with E-state index in [1.807, 2.05) is 6.07 Å². The number of nitriles is 1. The van der Waals surface area contributed by atoms with Crippen LogP contribution in [0.1, 0.15) is 6.42 Å². The number of thiocarbonyl (C=S) groups is 1. The van der Waals surface area contributed by atoms with Gasteiger partial charge in [-0.15, -0.1) is 0 Å². The first kappa shape index (κ1) is 6.18. The van der Waals surface area contributed by atoms with Crippen LogP contribution in [0.4, 0.5) is 0 Å². The number of hydrogen-bond donors (Lipinski definition) is 0. The molecule has 0 unspecified atom stereocenters. The molecule has 1 aliphatic carbocycles. The Morgan fingerprint density at radius 1 is 1.78 bits per heavy atom. The van der Waals surface area contributed by atoms with E-state index in [0.717, 1.165) is 4.86 Å². The normalized spacial score (nSPS) is 16.8. The fourth-order valence-electron chi connectivity index (χ4n) is 0.597. The second kappa shape index (κ2) is 2.56. The molecular weight excluding hydrogens is 130 g/mol. The summed E-state index contributed by atoms with van der Waals surface area (Å²) in [6.45, 7) is 0. The molecule has 0 saturated heterocycles. The fourth-order valence-corrected chi connectivity index (χ4v) is 0.820. The first-order chi connectivity index (χ1) is 4.33. The maximum Gasteiger partial charge on any atom is 0.0951 e. The third-order valence-electron chi connectivity index (χ3n) is 1.01. The standard InChI is InChI=1S/C7H4NS/c8-5-6-2-1-3-7(9)4-6/h2-3H,4H2. The lowest BCUT2D eigenvalue weighted by atomic mass is 10.1. The minimum Gasteiger partial charge on any atom is -0.193 e. The van der Waals surface area contributed by atoms with Gasteiger partial charge in [0.15, 0.2) is 0 Å². The summed E-state index contributed by atoms with van der Waals surface area (Å²) in [7, 11) is 0. The van der Waals surface area contributed by atoms with E-state index in [0.29, 0.717) is 12.0 Å². The molecule has 0 spiro atoms. The highest BCUT2D eigenvalue weighted by molar-refractivity contribution is 7.80. The molecule has 1 rings (SSSR count). The van der Waals surface area contributed by atoms with Gasteiger partial charge in [0.05, 0.1) is 6.07 Å². The Bertz CT molecular complexity index is 230. The molecule has 0 bridgehead atoms. The van der Waals surface area contributed by atoms with Crippen LogP contribution in [0.2, 0.25) is 0 Å². The minimum absolute atomic E-state index is 0.610. The third kappa shape index (κ3) is 1.48. The molecule has 0 heterocycles. The maximum atomic E-state index is 8.38. The highest BCUT2D eigenvalue weighted by atomic mass is 32.1. The van der Waals surface area contributed by atoms with E-state index < -0.39 is 0 Å². The van der Waals surface area contributed by atoms with Gasteiger partial charge < -0.3 is 0 Å². The molecule has 1 radical (unpaired) electrons. The Balaban J connectivity index is 2.80. The van der Waals surface area contributed by atoms with Crippen molar-refractivity contribution in [2.24, 2.45) is 0 Å². The molecule has 0 amide bonds. The lowest BCUT2D eigenvalue weighted by Gasteiger charge is -1.98. The average Bonchev–Trinajstić information content (AvgIpc) is 1.88. The van der Waals surface area contributed by atoms with Crippen molar-refractivity contribution in [2.75, 3.05) is 0 Å². The van der Waals surface area contributed by atoms with Crippen molar-refractivity contribution < 1.29 is 0 Å². The van der Waals surface area contributed by atoms with Crippen molar-refractivity contribution >= 4 is 17.1 Å². The predicted molar refractivity (Wildman–Crippen MR) is 38.7 cm³/mol. The molecule has 0 aromatic rings. The van der Waals surface area contributed by atoms with Crippen molar-refractivity contribution in [1.29, 1.82) is 5.26 Å². The van der Waals surface area contributed by atoms with Gasteiger partial charge in [0.2, 0.25) is 0 Å². The van der Waals surface area contributed by atoms with Crippen LogP contribution in [-0.4, -0.2) is 4.86 Å². The van der Waals surface area contributed by atoms with Crippen molar-refractivity contribution in [3.8, 4) is 6.07 Å². The molecule has 0 fully saturated rings. The number of allylic oxidation sites excluding steroid dienone is 4. The van der Waals surface area contributed by atoms with Crippen LogP contribution in [0.5, 0.6) is 0 Å². The highest BCUT2D eigenvalue weighted by Crippen LogP contribution is 2.07.